The van der Waals surface area contributed by atoms with Crippen LogP contribution in [0.5, 0.6) is 0 Å². The largest absolute Gasteiger partial charge is 0.476 e. The number of hydrogen-bond acceptors (Lipinski definition) is 5. The first-order valence-electron chi connectivity index (χ1n) is 7.64. The number of carbonyl (C=O) groups excluding carboxylic acids is 2. The highest BCUT2D eigenvalue weighted by Crippen LogP contribution is 2.10. The predicted molar refractivity (Wildman–Crippen MR) is 97.5 cm³/mol. The predicted octanol–water partition coefficient (Wildman–Crippen LogP) is 1.65. The van der Waals surface area contributed by atoms with E-state index >= 15 is 0 Å². The lowest BCUT2D eigenvalue weighted by atomic mass is 10.2. The molecule has 0 unspecified atom stereocenters. The van der Waals surface area contributed by atoms with E-state index in [4.69, 9.17) is 16.7 Å². The molecule has 138 valence electrons. The molecule has 0 aliphatic heterocycles. The molecule has 1 aromatic heterocycles. The second-order valence-corrected chi connectivity index (χ2v) is 6.57. The molecule has 2 rings (SSSR count). The zero-order valence-corrected chi connectivity index (χ0v) is 15.2. The number of carboxylic acids is 1. The smallest absolute Gasteiger partial charge is 0.355 e. The van der Waals surface area contributed by atoms with Crippen LogP contribution in [0.4, 0.5) is 4.79 Å². The fourth-order valence-corrected chi connectivity index (χ4v) is 2.80. The van der Waals surface area contributed by atoms with Crippen molar-refractivity contribution < 1.29 is 19.5 Å². The Labute approximate surface area is 158 Å². The van der Waals surface area contributed by atoms with E-state index < -0.39 is 12.0 Å². The van der Waals surface area contributed by atoms with Gasteiger partial charge in [0.25, 0.3) is 0 Å². The minimum Gasteiger partial charge on any atom is -0.476 e. The molecule has 2 aromatic rings. The minimum absolute atomic E-state index is 0.00430. The summed E-state index contributed by atoms with van der Waals surface area (Å²) >= 11 is 7.00. The molecular formula is C16H17ClN4O4S. The van der Waals surface area contributed by atoms with E-state index in [-0.39, 0.29) is 18.1 Å². The molecule has 0 aliphatic rings. The summed E-state index contributed by atoms with van der Waals surface area (Å²) < 4.78 is 0. The summed E-state index contributed by atoms with van der Waals surface area (Å²) in [7, 11) is 0. The number of nitrogens with one attached hydrogen (secondary N) is 3. The van der Waals surface area contributed by atoms with Crippen molar-refractivity contribution in [1.29, 1.82) is 0 Å². The molecule has 8 nitrogen and oxygen atoms in total. The zero-order valence-electron chi connectivity index (χ0n) is 13.6. The number of thiazole rings is 1. The molecule has 1 heterocycles. The van der Waals surface area contributed by atoms with Gasteiger partial charge in [-0.15, -0.1) is 11.3 Å². The average Bonchev–Trinajstić information content (AvgIpc) is 3.09. The number of amides is 3. The average molecular weight is 397 g/mol. The Morgan fingerprint density at radius 3 is 2.50 bits per heavy atom. The number of urea groups is 1. The second kappa shape index (κ2) is 9.73. The van der Waals surface area contributed by atoms with Gasteiger partial charge in [-0.05, 0) is 17.7 Å². The number of rotatable bonds is 8. The van der Waals surface area contributed by atoms with Gasteiger partial charge in [0.05, 0.1) is 11.6 Å². The number of benzene rings is 1. The molecule has 0 radical (unpaired) electrons. The molecule has 0 atom stereocenters. The first kappa shape index (κ1) is 19.7. The molecule has 0 bridgehead atoms. The molecule has 0 spiro atoms. The summed E-state index contributed by atoms with van der Waals surface area (Å²) in [5.74, 6) is -1.42. The van der Waals surface area contributed by atoms with Crippen LogP contribution in [0.1, 0.15) is 21.1 Å². The molecule has 26 heavy (non-hydrogen) atoms. The van der Waals surface area contributed by atoms with E-state index in [1.165, 1.54) is 16.7 Å². The van der Waals surface area contributed by atoms with Crippen LogP contribution in [0.3, 0.4) is 0 Å². The molecule has 0 saturated heterocycles. The van der Waals surface area contributed by atoms with Gasteiger partial charge in [-0.1, -0.05) is 23.7 Å². The van der Waals surface area contributed by atoms with Crippen LogP contribution < -0.4 is 16.0 Å². The van der Waals surface area contributed by atoms with Gasteiger partial charge in [-0.25, -0.2) is 14.6 Å². The van der Waals surface area contributed by atoms with Gasteiger partial charge in [0.2, 0.25) is 5.91 Å². The Balaban J connectivity index is 1.60. The van der Waals surface area contributed by atoms with Crippen LogP contribution >= 0.6 is 22.9 Å². The standard InChI is InChI=1S/C16H17ClN4O4S/c17-11-3-1-10(2-4-11)7-19-16(25)20-8-13(22)18-6-5-14-21-12(9-26-14)15(23)24/h1-4,9H,5-8H2,(H,18,22)(H,23,24)(H2,19,20,25). The van der Waals surface area contributed by atoms with Crippen molar-refractivity contribution in [1.82, 2.24) is 20.9 Å². The van der Waals surface area contributed by atoms with Crippen LogP contribution in [0.25, 0.3) is 0 Å². The molecule has 3 amide bonds. The number of hydrogen-bond donors (Lipinski definition) is 4. The van der Waals surface area contributed by atoms with Gasteiger partial charge < -0.3 is 21.1 Å². The molecule has 4 N–H and O–H groups in total. The first-order valence-corrected chi connectivity index (χ1v) is 8.90. The summed E-state index contributed by atoms with van der Waals surface area (Å²) in [6.07, 6.45) is 0.423. The van der Waals surface area contributed by atoms with Crippen molar-refractivity contribution in [3.8, 4) is 0 Å². The summed E-state index contributed by atoms with van der Waals surface area (Å²) in [5, 5.41) is 19.2. The van der Waals surface area contributed by atoms with Crippen molar-refractivity contribution in [2.75, 3.05) is 13.1 Å². The van der Waals surface area contributed by atoms with E-state index in [1.54, 1.807) is 24.3 Å². The molecule has 0 saturated carbocycles. The highest BCUT2D eigenvalue weighted by molar-refractivity contribution is 7.09. The lowest BCUT2D eigenvalue weighted by Crippen LogP contribution is -2.42. The normalized spacial score (nSPS) is 10.2. The molecule has 1 aromatic carbocycles. The van der Waals surface area contributed by atoms with Crippen molar-refractivity contribution in [2.45, 2.75) is 13.0 Å². The van der Waals surface area contributed by atoms with Crippen molar-refractivity contribution in [3.63, 3.8) is 0 Å². The van der Waals surface area contributed by atoms with E-state index in [0.29, 0.717) is 29.5 Å². The SMILES string of the molecule is O=C(CNC(=O)NCc1ccc(Cl)cc1)NCCc1nc(C(=O)O)cs1. The molecule has 0 fully saturated rings. The third-order valence-corrected chi connectivity index (χ3v) is 4.37. The van der Waals surface area contributed by atoms with Crippen LogP contribution in [-0.2, 0) is 17.8 Å². The minimum atomic E-state index is -1.08. The van der Waals surface area contributed by atoms with Gasteiger partial charge in [0, 0.05) is 29.9 Å². The fraction of sp³-hybridized carbons (Fsp3) is 0.250. The number of aromatic nitrogens is 1. The maximum absolute atomic E-state index is 11.7. The summed E-state index contributed by atoms with van der Waals surface area (Å²) in [4.78, 5) is 38.0. The maximum atomic E-state index is 11.7. The van der Waals surface area contributed by atoms with Crippen LogP contribution in [0.2, 0.25) is 5.02 Å². The van der Waals surface area contributed by atoms with Crippen molar-refractivity contribution >= 4 is 40.8 Å². The number of carbonyl (C=O) groups is 3. The Hall–Kier alpha value is -2.65. The highest BCUT2D eigenvalue weighted by atomic mass is 35.5. The molecule has 0 aliphatic carbocycles. The lowest BCUT2D eigenvalue weighted by molar-refractivity contribution is -0.120. The summed E-state index contributed by atoms with van der Waals surface area (Å²) in [6, 6.07) is 6.59. The molecule has 10 heteroatoms. The van der Waals surface area contributed by atoms with E-state index in [0.717, 1.165) is 5.56 Å². The quantitative estimate of drug-likeness (QED) is 0.540. The summed E-state index contributed by atoms with van der Waals surface area (Å²) in [6.45, 7) is 0.463. The first-order chi connectivity index (χ1) is 12.4. The maximum Gasteiger partial charge on any atom is 0.355 e. The van der Waals surface area contributed by atoms with Gasteiger partial charge in [0.15, 0.2) is 5.69 Å². The number of nitrogens with zero attached hydrogens (tertiary/aromatic N) is 1. The van der Waals surface area contributed by atoms with Crippen LogP contribution in [0.15, 0.2) is 29.6 Å². The Kier molecular flexibility index (Phi) is 7.37. The zero-order chi connectivity index (χ0) is 18.9. The van der Waals surface area contributed by atoms with Crippen LogP contribution in [0, 0.1) is 0 Å². The monoisotopic (exact) mass is 396 g/mol. The van der Waals surface area contributed by atoms with E-state index in [9.17, 15) is 14.4 Å². The topological polar surface area (TPSA) is 120 Å². The third-order valence-electron chi connectivity index (χ3n) is 3.21. The van der Waals surface area contributed by atoms with Gasteiger partial charge in [-0.2, -0.15) is 0 Å². The highest BCUT2D eigenvalue weighted by Gasteiger charge is 2.09. The van der Waals surface area contributed by atoms with E-state index in [1.807, 2.05) is 0 Å². The molecular weight excluding hydrogens is 380 g/mol. The fourth-order valence-electron chi connectivity index (χ4n) is 1.90. The van der Waals surface area contributed by atoms with Crippen molar-refractivity contribution in [2.24, 2.45) is 0 Å². The third kappa shape index (κ3) is 6.69. The van der Waals surface area contributed by atoms with E-state index in [2.05, 4.69) is 20.9 Å². The Bertz CT molecular complexity index is 779. The Morgan fingerprint density at radius 1 is 1.12 bits per heavy atom. The van der Waals surface area contributed by atoms with Crippen LogP contribution in [-0.4, -0.2) is 41.1 Å². The second-order valence-electron chi connectivity index (χ2n) is 5.19. The lowest BCUT2D eigenvalue weighted by Gasteiger charge is -2.08. The van der Waals surface area contributed by atoms with Gasteiger partial charge >= 0.3 is 12.0 Å². The van der Waals surface area contributed by atoms with Gasteiger partial charge in [-0.3, -0.25) is 4.79 Å². The number of carboxylic acid groups (broad SMARTS) is 1. The van der Waals surface area contributed by atoms with Crippen molar-refractivity contribution in [3.05, 3.63) is 50.9 Å². The summed E-state index contributed by atoms with van der Waals surface area (Å²) in [5.41, 5.74) is 0.883. The number of aromatic carboxylic acids is 1. The number of halogens is 1. The van der Waals surface area contributed by atoms with Gasteiger partial charge in [0.1, 0.15) is 0 Å². The Morgan fingerprint density at radius 2 is 1.85 bits per heavy atom.